The van der Waals surface area contributed by atoms with Gasteiger partial charge in [0.2, 0.25) is 12.2 Å². The second-order valence-electron chi connectivity index (χ2n) is 9.69. The van der Waals surface area contributed by atoms with Gasteiger partial charge in [-0.2, -0.15) is 0 Å². The molecule has 3 aliphatic rings. The zero-order chi connectivity index (χ0) is 24.7. The van der Waals surface area contributed by atoms with Crippen LogP contribution in [0.4, 0.5) is 0 Å². The molecule has 35 heavy (non-hydrogen) atoms. The van der Waals surface area contributed by atoms with E-state index in [0.717, 1.165) is 17.7 Å². The third-order valence-electron chi connectivity index (χ3n) is 6.42. The predicted molar refractivity (Wildman–Crippen MR) is 124 cm³/mol. The van der Waals surface area contributed by atoms with E-state index in [9.17, 15) is 9.90 Å². The number of aliphatic hydroxyl groups is 1. The summed E-state index contributed by atoms with van der Waals surface area (Å²) in [4.78, 5) is 12.0. The number of carbonyl (C=O) groups is 1. The zero-order valence-corrected chi connectivity index (χ0v) is 20.2. The molecule has 0 aromatic heterocycles. The van der Waals surface area contributed by atoms with E-state index in [0.29, 0.717) is 17.1 Å². The molecule has 2 aromatic carbocycles. The van der Waals surface area contributed by atoms with Crippen LogP contribution >= 0.6 is 0 Å². The topological polar surface area (TPSA) is 105 Å². The Hall–Kier alpha value is -2.85. The molecule has 2 fully saturated rings. The highest BCUT2D eigenvalue weighted by atomic mass is 16.7. The number of hydrogen-bond donors (Lipinski definition) is 2. The number of ether oxygens (including phenoxy) is 6. The number of amides is 1. The highest BCUT2D eigenvalue weighted by Gasteiger charge is 2.51. The normalized spacial score (nSPS) is 31.0. The Morgan fingerprint density at radius 1 is 1.17 bits per heavy atom. The number of fused-ring (bicyclic) bond motifs is 2. The molecule has 0 radical (unpaired) electrons. The molecule has 188 valence electrons. The van der Waals surface area contributed by atoms with E-state index in [-0.39, 0.29) is 18.1 Å². The van der Waals surface area contributed by atoms with Gasteiger partial charge in [-0.1, -0.05) is 24.3 Å². The molecular formula is C26H31NO8. The lowest BCUT2D eigenvalue weighted by Gasteiger charge is -2.47. The van der Waals surface area contributed by atoms with Crippen molar-refractivity contribution < 1.29 is 38.3 Å². The Morgan fingerprint density at radius 3 is 2.74 bits per heavy atom. The fourth-order valence-corrected chi connectivity index (χ4v) is 4.88. The van der Waals surface area contributed by atoms with Crippen LogP contribution in [0.25, 0.3) is 0 Å². The van der Waals surface area contributed by atoms with E-state index in [1.807, 2.05) is 56.3 Å². The summed E-state index contributed by atoms with van der Waals surface area (Å²) in [6.45, 7) is 5.60. The average Bonchev–Trinajstić information content (AvgIpc) is 3.14. The van der Waals surface area contributed by atoms with Crippen molar-refractivity contribution in [3.8, 4) is 17.2 Å². The maximum atomic E-state index is 12.0. The van der Waals surface area contributed by atoms with Gasteiger partial charge >= 0.3 is 0 Å². The first-order valence-corrected chi connectivity index (χ1v) is 11.7. The van der Waals surface area contributed by atoms with E-state index >= 15 is 0 Å². The minimum absolute atomic E-state index is 0.165. The number of carbonyl (C=O) groups excluding carboxylic acids is 1. The number of rotatable bonds is 5. The molecule has 6 unspecified atom stereocenters. The minimum atomic E-state index is -1.10. The van der Waals surface area contributed by atoms with Crippen LogP contribution in [0.1, 0.15) is 38.2 Å². The van der Waals surface area contributed by atoms with Crippen molar-refractivity contribution >= 4 is 5.91 Å². The number of methoxy groups -OCH3 is 1. The molecule has 3 heterocycles. The molecule has 0 bridgehead atoms. The quantitative estimate of drug-likeness (QED) is 0.666. The van der Waals surface area contributed by atoms with Crippen molar-refractivity contribution in [1.29, 1.82) is 0 Å². The van der Waals surface area contributed by atoms with Gasteiger partial charge in [0.15, 0.2) is 6.29 Å². The summed E-state index contributed by atoms with van der Waals surface area (Å²) in [5.74, 6) is 1.56. The molecule has 2 saturated heterocycles. The summed E-state index contributed by atoms with van der Waals surface area (Å²) in [7, 11) is 1.57. The summed E-state index contributed by atoms with van der Waals surface area (Å²) in [5.41, 5.74) is 1.53. The Morgan fingerprint density at radius 2 is 1.97 bits per heavy atom. The molecule has 3 aliphatic heterocycles. The van der Waals surface area contributed by atoms with Crippen LogP contribution < -0.4 is 19.5 Å². The number of nitrogens with one attached hydrogen (secondary N) is 1. The lowest BCUT2D eigenvalue weighted by Crippen LogP contribution is -2.67. The van der Waals surface area contributed by atoms with Gasteiger partial charge in [0.25, 0.3) is 0 Å². The Kier molecular flexibility index (Phi) is 6.35. The first-order valence-electron chi connectivity index (χ1n) is 11.7. The lowest BCUT2D eigenvalue weighted by molar-refractivity contribution is -0.333. The Balaban J connectivity index is 1.35. The second-order valence-corrected chi connectivity index (χ2v) is 9.69. The van der Waals surface area contributed by atoms with Crippen LogP contribution in [0.5, 0.6) is 17.2 Å². The van der Waals surface area contributed by atoms with E-state index in [2.05, 4.69) is 5.32 Å². The Labute approximate surface area is 204 Å². The SMILES string of the molecule is COc1ccccc1C1OCC2OC(Oc3ccc4c(c3)OC(C)(C)C4)C(NC(C)=O)C(O)C2O1. The van der Waals surface area contributed by atoms with Gasteiger partial charge in [0.1, 0.15) is 47.2 Å². The molecular weight excluding hydrogens is 454 g/mol. The standard InChI is InChI=1S/C26H31NO8/c1-14(28)27-21-22(29)23-20(13-31-24(34-23)17-7-5-6-8-18(17)30-4)33-25(21)32-16-10-9-15-12-26(2,3)35-19(15)11-16/h5-11,20-25,29H,12-13H2,1-4H3,(H,27,28). The number of aliphatic hydroxyl groups excluding tert-OH is 1. The molecule has 9 heteroatoms. The molecule has 6 atom stereocenters. The molecule has 0 spiro atoms. The molecule has 2 aromatic rings. The highest BCUT2D eigenvalue weighted by molar-refractivity contribution is 5.73. The van der Waals surface area contributed by atoms with Gasteiger partial charge in [-0.25, -0.2) is 0 Å². The number of para-hydroxylation sites is 1. The van der Waals surface area contributed by atoms with Gasteiger partial charge in [0.05, 0.1) is 13.7 Å². The van der Waals surface area contributed by atoms with E-state index < -0.39 is 36.9 Å². The lowest BCUT2D eigenvalue weighted by atomic mass is 9.95. The monoisotopic (exact) mass is 485 g/mol. The van der Waals surface area contributed by atoms with Crippen molar-refractivity contribution in [2.45, 2.75) is 69.7 Å². The van der Waals surface area contributed by atoms with E-state index in [1.54, 1.807) is 7.11 Å². The molecule has 2 N–H and O–H groups in total. The van der Waals surface area contributed by atoms with Crippen molar-refractivity contribution in [1.82, 2.24) is 5.32 Å². The Bertz CT molecular complexity index is 1090. The number of benzene rings is 2. The summed E-state index contributed by atoms with van der Waals surface area (Å²) in [6.07, 6.45) is -3.36. The average molecular weight is 486 g/mol. The van der Waals surface area contributed by atoms with Crippen molar-refractivity contribution in [3.63, 3.8) is 0 Å². The molecule has 5 rings (SSSR count). The van der Waals surface area contributed by atoms with Gasteiger partial charge in [0, 0.05) is 25.0 Å². The molecule has 9 nitrogen and oxygen atoms in total. The number of hydrogen-bond acceptors (Lipinski definition) is 8. The summed E-state index contributed by atoms with van der Waals surface area (Å²) in [5, 5.41) is 14.0. The maximum absolute atomic E-state index is 12.0. The summed E-state index contributed by atoms with van der Waals surface area (Å²) in [6, 6.07) is 12.1. The smallest absolute Gasteiger partial charge is 0.223 e. The summed E-state index contributed by atoms with van der Waals surface area (Å²) < 4.78 is 35.8. The third-order valence-corrected chi connectivity index (χ3v) is 6.42. The van der Waals surface area contributed by atoms with Crippen molar-refractivity contribution in [3.05, 3.63) is 53.6 Å². The highest BCUT2D eigenvalue weighted by Crippen LogP contribution is 2.40. The third kappa shape index (κ3) is 4.81. The van der Waals surface area contributed by atoms with Crippen LogP contribution in [-0.2, 0) is 25.4 Å². The van der Waals surface area contributed by atoms with Gasteiger partial charge in [-0.05, 0) is 31.5 Å². The van der Waals surface area contributed by atoms with Crippen LogP contribution in [0, 0.1) is 0 Å². The fraction of sp³-hybridized carbons (Fsp3) is 0.500. The largest absolute Gasteiger partial charge is 0.496 e. The molecule has 0 aliphatic carbocycles. The first-order chi connectivity index (χ1) is 16.7. The fourth-order valence-electron chi connectivity index (χ4n) is 4.88. The van der Waals surface area contributed by atoms with Crippen molar-refractivity contribution in [2.75, 3.05) is 13.7 Å². The van der Waals surface area contributed by atoms with Crippen LogP contribution in [-0.4, -0.2) is 61.0 Å². The molecule has 0 saturated carbocycles. The minimum Gasteiger partial charge on any atom is -0.496 e. The predicted octanol–water partition coefficient (Wildman–Crippen LogP) is 2.49. The zero-order valence-electron chi connectivity index (χ0n) is 20.2. The van der Waals surface area contributed by atoms with Crippen LogP contribution in [0.3, 0.4) is 0 Å². The van der Waals surface area contributed by atoms with Crippen LogP contribution in [0.15, 0.2) is 42.5 Å². The second kappa shape index (κ2) is 9.31. The van der Waals surface area contributed by atoms with Gasteiger partial charge < -0.3 is 38.8 Å². The van der Waals surface area contributed by atoms with E-state index in [4.69, 9.17) is 28.4 Å². The van der Waals surface area contributed by atoms with Crippen molar-refractivity contribution in [2.24, 2.45) is 0 Å². The van der Waals surface area contributed by atoms with Gasteiger partial charge in [-0.15, -0.1) is 0 Å². The summed E-state index contributed by atoms with van der Waals surface area (Å²) >= 11 is 0. The molecule has 1 amide bonds. The van der Waals surface area contributed by atoms with Crippen LogP contribution in [0.2, 0.25) is 0 Å². The first kappa shape index (κ1) is 23.9. The van der Waals surface area contributed by atoms with E-state index in [1.165, 1.54) is 6.92 Å². The van der Waals surface area contributed by atoms with Gasteiger partial charge in [-0.3, -0.25) is 4.79 Å². The maximum Gasteiger partial charge on any atom is 0.223 e.